The van der Waals surface area contributed by atoms with Crippen molar-refractivity contribution in [1.29, 1.82) is 0 Å². The van der Waals surface area contributed by atoms with Gasteiger partial charge in [0.1, 0.15) is 5.69 Å². The molecule has 5 heteroatoms. The van der Waals surface area contributed by atoms with Crippen LogP contribution in [0.15, 0.2) is 6.07 Å². The molecule has 2 atom stereocenters. The second-order valence-corrected chi connectivity index (χ2v) is 7.18. The summed E-state index contributed by atoms with van der Waals surface area (Å²) in [5, 5.41) is 4.51. The molecule has 116 valence electrons. The van der Waals surface area contributed by atoms with Crippen molar-refractivity contribution < 1.29 is 9.53 Å². The molecular weight excluding hydrogens is 284 g/mol. The van der Waals surface area contributed by atoms with Crippen molar-refractivity contribution in [3.63, 3.8) is 0 Å². The van der Waals surface area contributed by atoms with Crippen LogP contribution in [-0.4, -0.2) is 39.3 Å². The molecule has 1 aromatic heterocycles. The molecule has 1 aromatic rings. The monoisotopic (exact) mass is 308 g/mol. The molecule has 2 aliphatic heterocycles. The van der Waals surface area contributed by atoms with Gasteiger partial charge in [-0.05, 0) is 44.4 Å². The van der Waals surface area contributed by atoms with Gasteiger partial charge in [-0.25, -0.2) is 0 Å². The quantitative estimate of drug-likeness (QED) is 0.802. The lowest BCUT2D eigenvalue weighted by Gasteiger charge is -2.37. The van der Waals surface area contributed by atoms with Crippen LogP contribution in [0.5, 0.6) is 0 Å². The number of Topliss-reactive ketones (excluding diaryl/α,β-unsaturated/α-hetero) is 1. The van der Waals surface area contributed by atoms with Crippen LogP contribution in [0.1, 0.15) is 49.3 Å². The fourth-order valence-electron chi connectivity index (χ4n) is 3.41. The average Bonchev–Trinajstić information content (AvgIpc) is 3.13. The van der Waals surface area contributed by atoms with E-state index >= 15 is 0 Å². The fraction of sp³-hybridized carbons (Fsp3) is 0.750. The van der Waals surface area contributed by atoms with Crippen molar-refractivity contribution in [3.8, 4) is 0 Å². The minimum atomic E-state index is -0.0338. The zero-order valence-electron chi connectivity index (χ0n) is 12.9. The number of rotatable bonds is 4. The third-order valence-electron chi connectivity index (χ3n) is 4.68. The van der Waals surface area contributed by atoms with E-state index < -0.39 is 0 Å². The van der Waals surface area contributed by atoms with Crippen molar-refractivity contribution in [3.05, 3.63) is 17.5 Å². The van der Waals surface area contributed by atoms with Crippen LogP contribution in [-0.2, 0) is 17.7 Å². The first-order valence-corrected chi connectivity index (χ1v) is 9.15. The van der Waals surface area contributed by atoms with E-state index in [-0.39, 0.29) is 17.3 Å². The molecule has 3 rings (SSSR count). The van der Waals surface area contributed by atoms with Gasteiger partial charge in [-0.3, -0.25) is 9.48 Å². The predicted molar refractivity (Wildman–Crippen MR) is 85.0 cm³/mol. The molecule has 0 amide bonds. The van der Waals surface area contributed by atoms with Gasteiger partial charge < -0.3 is 4.74 Å². The second-order valence-electron chi connectivity index (χ2n) is 6.08. The van der Waals surface area contributed by atoms with E-state index in [4.69, 9.17) is 4.74 Å². The Morgan fingerprint density at radius 1 is 1.57 bits per heavy atom. The van der Waals surface area contributed by atoms with Crippen molar-refractivity contribution >= 4 is 17.5 Å². The first kappa shape index (κ1) is 15.1. The zero-order chi connectivity index (χ0) is 14.9. The van der Waals surface area contributed by atoms with Gasteiger partial charge in [0, 0.05) is 24.8 Å². The SMILES string of the molecule is CCc1cc(C(=O)C2CCOC3(CCSC3)C2)n(CC)n1. The predicted octanol–water partition coefficient (Wildman–Crippen LogP) is 2.95. The molecule has 0 saturated carbocycles. The summed E-state index contributed by atoms with van der Waals surface area (Å²) >= 11 is 1.95. The molecule has 3 heterocycles. The number of carbonyl (C=O) groups excluding carboxylic acids is 1. The van der Waals surface area contributed by atoms with Gasteiger partial charge >= 0.3 is 0 Å². The average molecular weight is 308 g/mol. The van der Waals surface area contributed by atoms with Gasteiger partial charge in [0.25, 0.3) is 0 Å². The molecule has 2 saturated heterocycles. The minimum Gasteiger partial charge on any atom is -0.374 e. The summed E-state index contributed by atoms with van der Waals surface area (Å²) < 4.78 is 7.90. The molecule has 1 spiro atoms. The highest BCUT2D eigenvalue weighted by Crippen LogP contribution is 2.41. The number of aryl methyl sites for hydroxylation is 2. The third kappa shape index (κ3) is 2.90. The summed E-state index contributed by atoms with van der Waals surface area (Å²) in [6.45, 7) is 5.60. The Hall–Kier alpha value is -0.810. The molecule has 0 bridgehead atoms. The maximum absolute atomic E-state index is 12.9. The second kappa shape index (κ2) is 6.13. The highest BCUT2D eigenvalue weighted by molar-refractivity contribution is 7.99. The maximum Gasteiger partial charge on any atom is 0.184 e. The Labute approximate surface area is 130 Å². The molecule has 0 N–H and O–H groups in total. The summed E-state index contributed by atoms with van der Waals surface area (Å²) in [4.78, 5) is 12.9. The molecule has 21 heavy (non-hydrogen) atoms. The van der Waals surface area contributed by atoms with Crippen LogP contribution >= 0.6 is 11.8 Å². The summed E-state index contributed by atoms with van der Waals surface area (Å²) in [6, 6.07) is 1.98. The summed E-state index contributed by atoms with van der Waals surface area (Å²) in [6.07, 6.45) is 3.70. The van der Waals surface area contributed by atoms with Crippen LogP contribution in [0, 0.1) is 5.92 Å². The first-order chi connectivity index (χ1) is 10.2. The summed E-state index contributed by atoms with van der Waals surface area (Å²) in [5.74, 6) is 2.57. The maximum atomic E-state index is 12.9. The Morgan fingerprint density at radius 2 is 2.43 bits per heavy atom. The Bertz CT molecular complexity index is 520. The number of thioether (sulfide) groups is 1. The molecule has 2 aliphatic rings. The zero-order valence-corrected chi connectivity index (χ0v) is 13.7. The van der Waals surface area contributed by atoms with E-state index in [1.807, 2.05) is 29.4 Å². The van der Waals surface area contributed by atoms with Crippen molar-refractivity contribution in [2.75, 3.05) is 18.1 Å². The standard InChI is InChI=1S/C16H24N2O2S/c1-3-13-9-14(18(4-2)17-13)15(19)12-5-7-20-16(10-12)6-8-21-11-16/h9,12H,3-8,10-11H2,1-2H3. The molecule has 2 fully saturated rings. The lowest BCUT2D eigenvalue weighted by molar-refractivity contribution is -0.0735. The van der Waals surface area contributed by atoms with Gasteiger partial charge in [0.15, 0.2) is 5.78 Å². The van der Waals surface area contributed by atoms with Crippen LogP contribution < -0.4 is 0 Å². The molecule has 0 aliphatic carbocycles. The van der Waals surface area contributed by atoms with Gasteiger partial charge in [0.2, 0.25) is 0 Å². The molecule has 4 nitrogen and oxygen atoms in total. The Balaban J connectivity index is 1.79. The number of aromatic nitrogens is 2. The van der Waals surface area contributed by atoms with E-state index in [1.54, 1.807) is 0 Å². The van der Waals surface area contributed by atoms with E-state index in [0.717, 1.165) is 61.7 Å². The van der Waals surface area contributed by atoms with Crippen molar-refractivity contribution in [1.82, 2.24) is 9.78 Å². The van der Waals surface area contributed by atoms with Gasteiger partial charge in [-0.2, -0.15) is 16.9 Å². The molecular formula is C16H24N2O2S. The number of hydrogen-bond donors (Lipinski definition) is 0. The normalized spacial score (nSPS) is 29.1. The lowest BCUT2D eigenvalue weighted by Crippen LogP contribution is -2.42. The van der Waals surface area contributed by atoms with Crippen LogP contribution in [0.2, 0.25) is 0 Å². The number of ketones is 1. The minimum absolute atomic E-state index is 0.0338. The third-order valence-corrected chi connectivity index (χ3v) is 5.90. The Kier molecular flexibility index (Phi) is 4.41. The number of ether oxygens (including phenoxy) is 1. The van der Waals surface area contributed by atoms with E-state index in [9.17, 15) is 4.79 Å². The van der Waals surface area contributed by atoms with E-state index in [0.29, 0.717) is 0 Å². The molecule has 2 unspecified atom stereocenters. The van der Waals surface area contributed by atoms with Crippen molar-refractivity contribution in [2.45, 2.75) is 51.7 Å². The van der Waals surface area contributed by atoms with Crippen LogP contribution in [0.25, 0.3) is 0 Å². The fourth-order valence-corrected chi connectivity index (χ4v) is 4.78. The Morgan fingerprint density at radius 3 is 3.10 bits per heavy atom. The van der Waals surface area contributed by atoms with Crippen molar-refractivity contribution in [2.24, 2.45) is 5.92 Å². The highest BCUT2D eigenvalue weighted by Gasteiger charge is 2.43. The number of carbonyl (C=O) groups is 1. The number of nitrogens with zero attached hydrogens (tertiary/aromatic N) is 2. The van der Waals surface area contributed by atoms with Gasteiger partial charge in [-0.15, -0.1) is 0 Å². The van der Waals surface area contributed by atoms with E-state index in [2.05, 4.69) is 12.0 Å². The lowest BCUT2D eigenvalue weighted by atomic mass is 9.82. The van der Waals surface area contributed by atoms with Gasteiger partial charge in [-0.1, -0.05) is 6.92 Å². The van der Waals surface area contributed by atoms with E-state index in [1.165, 1.54) is 0 Å². The molecule has 0 aromatic carbocycles. The smallest absolute Gasteiger partial charge is 0.184 e. The van der Waals surface area contributed by atoms with Gasteiger partial charge in [0.05, 0.1) is 11.3 Å². The largest absolute Gasteiger partial charge is 0.374 e. The topological polar surface area (TPSA) is 44.1 Å². The summed E-state index contributed by atoms with van der Waals surface area (Å²) in [7, 11) is 0. The highest BCUT2D eigenvalue weighted by atomic mass is 32.2. The van der Waals surface area contributed by atoms with Crippen LogP contribution in [0.4, 0.5) is 0 Å². The molecule has 0 radical (unpaired) electrons. The van der Waals surface area contributed by atoms with Crippen LogP contribution in [0.3, 0.4) is 0 Å². The number of hydrogen-bond acceptors (Lipinski definition) is 4. The first-order valence-electron chi connectivity index (χ1n) is 8.00. The summed E-state index contributed by atoms with van der Waals surface area (Å²) in [5.41, 5.74) is 1.77.